The Hall–Kier alpha value is -0.450. The van der Waals surface area contributed by atoms with E-state index in [1.165, 1.54) is 5.01 Å². The third-order valence-electron chi connectivity index (χ3n) is 3.00. The van der Waals surface area contributed by atoms with Gasteiger partial charge in [0.25, 0.3) is 0 Å². The number of hydrogen-bond donors (Lipinski definition) is 1. The molecule has 1 atom stereocenters. The summed E-state index contributed by atoms with van der Waals surface area (Å²) in [6.07, 6.45) is 2.94. The molecule has 0 aromatic carbocycles. The number of thiazole rings is 1. The van der Waals surface area contributed by atoms with Gasteiger partial charge in [0.05, 0.1) is 11.6 Å². The van der Waals surface area contributed by atoms with Gasteiger partial charge >= 0.3 is 0 Å². The van der Waals surface area contributed by atoms with Crippen molar-refractivity contribution in [1.82, 2.24) is 10.3 Å². The van der Waals surface area contributed by atoms with Gasteiger partial charge in [-0.2, -0.15) is 0 Å². The Balaban J connectivity index is 2.44. The van der Waals surface area contributed by atoms with Gasteiger partial charge in [-0.15, -0.1) is 11.3 Å². The molecule has 0 amide bonds. The smallest absolute Gasteiger partial charge is 0.0928 e. The van der Waals surface area contributed by atoms with E-state index in [2.05, 4.69) is 31.1 Å². The Morgan fingerprint density at radius 3 is 2.76 bits per heavy atom. The molecule has 0 radical (unpaired) electrons. The van der Waals surface area contributed by atoms with Crippen molar-refractivity contribution in [2.75, 3.05) is 26.8 Å². The maximum atomic E-state index is 5.04. The highest BCUT2D eigenvalue weighted by Crippen LogP contribution is 2.29. The first kappa shape index (κ1) is 14.6. The zero-order valence-electron chi connectivity index (χ0n) is 11.3. The quantitative estimate of drug-likeness (QED) is 0.761. The monoisotopic (exact) mass is 256 g/mol. The maximum absolute atomic E-state index is 5.04. The van der Waals surface area contributed by atoms with Crippen LogP contribution in [0.2, 0.25) is 0 Å². The van der Waals surface area contributed by atoms with Gasteiger partial charge in [-0.25, -0.2) is 4.98 Å². The Morgan fingerprint density at radius 2 is 2.24 bits per heavy atom. The fourth-order valence-corrected chi connectivity index (χ4v) is 2.40. The van der Waals surface area contributed by atoms with Crippen LogP contribution >= 0.6 is 11.3 Å². The zero-order valence-corrected chi connectivity index (χ0v) is 12.1. The van der Waals surface area contributed by atoms with Crippen molar-refractivity contribution < 1.29 is 4.74 Å². The summed E-state index contributed by atoms with van der Waals surface area (Å²) in [5.74, 6) is 0.602. The van der Waals surface area contributed by atoms with E-state index in [1.54, 1.807) is 18.4 Å². The molecule has 1 aromatic heterocycles. The first-order valence-electron chi connectivity index (χ1n) is 6.12. The van der Waals surface area contributed by atoms with Crippen LogP contribution in [-0.4, -0.2) is 31.8 Å². The van der Waals surface area contributed by atoms with Crippen LogP contribution in [0.25, 0.3) is 0 Å². The van der Waals surface area contributed by atoms with Gasteiger partial charge in [-0.1, -0.05) is 20.8 Å². The summed E-state index contributed by atoms with van der Waals surface area (Å²) in [4.78, 5) is 4.38. The first-order chi connectivity index (χ1) is 8.04. The fraction of sp³-hybridized carbons (Fsp3) is 0.769. The van der Waals surface area contributed by atoms with Crippen LogP contribution in [0.1, 0.15) is 25.8 Å². The predicted octanol–water partition coefficient (Wildman–Crippen LogP) is 2.58. The van der Waals surface area contributed by atoms with Crippen molar-refractivity contribution in [2.45, 2.75) is 27.2 Å². The van der Waals surface area contributed by atoms with Gasteiger partial charge in [-0.05, 0) is 17.9 Å². The molecule has 1 heterocycles. The lowest BCUT2D eigenvalue weighted by Gasteiger charge is -2.30. The maximum Gasteiger partial charge on any atom is 0.0928 e. The van der Waals surface area contributed by atoms with Gasteiger partial charge < -0.3 is 10.1 Å². The molecule has 3 nitrogen and oxygen atoms in total. The largest absolute Gasteiger partial charge is 0.383 e. The molecule has 0 aliphatic rings. The highest BCUT2D eigenvalue weighted by molar-refractivity contribution is 7.09. The lowest BCUT2D eigenvalue weighted by molar-refractivity contribution is 0.186. The molecule has 1 N–H and O–H groups in total. The summed E-state index contributed by atoms with van der Waals surface area (Å²) in [6, 6.07) is 0. The topological polar surface area (TPSA) is 34.1 Å². The lowest BCUT2D eigenvalue weighted by atomic mass is 9.79. The van der Waals surface area contributed by atoms with Crippen molar-refractivity contribution in [3.63, 3.8) is 0 Å². The normalized spacial score (nSPS) is 13.9. The Morgan fingerprint density at radius 1 is 1.47 bits per heavy atom. The molecule has 0 aliphatic carbocycles. The molecule has 4 heteroatoms. The number of nitrogens with zero attached hydrogens (tertiary/aromatic N) is 1. The van der Waals surface area contributed by atoms with E-state index in [-0.39, 0.29) is 0 Å². The molecule has 1 rings (SSSR count). The summed E-state index contributed by atoms with van der Waals surface area (Å²) in [7, 11) is 1.73. The second kappa shape index (κ2) is 7.09. The number of aromatic nitrogens is 1. The summed E-state index contributed by atoms with van der Waals surface area (Å²) in [6.45, 7) is 9.59. The van der Waals surface area contributed by atoms with Crippen molar-refractivity contribution in [3.8, 4) is 0 Å². The van der Waals surface area contributed by atoms with Gasteiger partial charge in [0, 0.05) is 31.7 Å². The minimum Gasteiger partial charge on any atom is -0.383 e. The molecule has 0 saturated heterocycles. The van der Waals surface area contributed by atoms with Crippen molar-refractivity contribution >= 4 is 11.3 Å². The summed E-state index contributed by atoms with van der Waals surface area (Å²) < 4.78 is 5.04. The molecule has 98 valence electrons. The molecule has 0 saturated carbocycles. The molecule has 0 spiro atoms. The van der Waals surface area contributed by atoms with Gasteiger partial charge in [0.1, 0.15) is 0 Å². The standard InChI is InChI=1S/C13H24N2OS/c1-13(2,3)11(10-14-5-7-16-4)9-12-15-6-8-17-12/h6,8,11,14H,5,7,9-10H2,1-4H3. The lowest BCUT2D eigenvalue weighted by Crippen LogP contribution is -2.34. The van der Waals surface area contributed by atoms with E-state index >= 15 is 0 Å². The van der Waals surface area contributed by atoms with Crippen LogP contribution in [0.5, 0.6) is 0 Å². The number of rotatable bonds is 7. The average molecular weight is 256 g/mol. The average Bonchev–Trinajstić information content (AvgIpc) is 2.73. The van der Waals surface area contributed by atoms with Crippen LogP contribution in [0, 0.1) is 11.3 Å². The second-order valence-corrected chi connectivity index (χ2v) is 6.37. The predicted molar refractivity (Wildman–Crippen MR) is 73.5 cm³/mol. The molecule has 0 bridgehead atoms. The number of nitrogens with one attached hydrogen (secondary N) is 1. The summed E-state index contributed by atoms with van der Waals surface area (Å²) >= 11 is 1.75. The van der Waals surface area contributed by atoms with Crippen LogP contribution < -0.4 is 5.32 Å². The van der Waals surface area contributed by atoms with E-state index in [4.69, 9.17) is 4.74 Å². The Bertz CT molecular complexity index is 293. The van der Waals surface area contributed by atoms with E-state index in [0.717, 1.165) is 26.1 Å². The van der Waals surface area contributed by atoms with Crippen molar-refractivity contribution in [2.24, 2.45) is 11.3 Å². The van der Waals surface area contributed by atoms with Crippen LogP contribution in [0.15, 0.2) is 11.6 Å². The van der Waals surface area contributed by atoms with Gasteiger partial charge in [-0.3, -0.25) is 0 Å². The molecule has 0 fully saturated rings. The fourth-order valence-electron chi connectivity index (χ4n) is 1.70. The second-order valence-electron chi connectivity index (χ2n) is 5.39. The third-order valence-corrected chi connectivity index (χ3v) is 3.80. The molecule has 17 heavy (non-hydrogen) atoms. The molecular weight excluding hydrogens is 232 g/mol. The summed E-state index contributed by atoms with van der Waals surface area (Å²) in [5.41, 5.74) is 0.297. The molecule has 0 aliphatic heterocycles. The highest BCUT2D eigenvalue weighted by Gasteiger charge is 2.25. The molecule has 1 aromatic rings. The van der Waals surface area contributed by atoms with Crippen molar-refractivity contribution in [1.29, 1.82) is 0 Å². The number of methoxy groups -OCH3 is 1. The van der Waals surface area contributed by atoms with E-state index in [9.17, 15) is 0 Å². The SMILES string of the molecule is COCCNCC(Cc1nccs1)C(C)(C)C. The first-order valence-corrected chi connectivity index (χ1v) is 7.00. The Kier molecular flexibility index (Phi) is 6.09. The molecular formula is C13H24N2OS. The number of hydrogen-bond acceptors (Lipinski definition) is 4. The van der Waals surface area contributed by atoms with E-state index in [1.807, 2.05) is 11.6 Å². The zero-order chi connectivity index (χ0) is 12.7. The van der Waals surface area contributed by atoms with Gasteiger partial charge in [0.15, 0.2) is 0 Å². The van der Waals surface area contributed by atoms with E-state index < -0.39 is 0 Å². The highest BCUT2D eigenvalue weighted by atomic mass is 32.1. The van der Waals surface area contributed by atoms with Crippen LogP contribution in [0.4, 0.5) is 0 Å². The Labute approximate surface area is 109 Å². The summed E-state index contributed by atoms with van der Waals surface area (Å²) in [5, 5.41) is 6.74. The number of ether oxygens (including phenoxy) is 1. The van der Waals surface area contributed by atoms with Gasteiger partial charge in [0.2, 0.25) is 0 Å². The minimum absolute atomic E-state index is 0.297. The van der Waals surface area contributed by atoms with Crippen LogP contribution in [-0.2, 0) is 11.2 Å². The third kappa shape index (κ3) is 5.61. The minimum atomic E-state index is 0.297. The van der Waals surface area contributed by atoms with E-state index in [0.29, 0.717) is 11.3 Å². The molecule has 1 unspecified atom stereocenters. The van der Waals surface area contributed by atoms with Crippen LogP contribution in [0.3, 0.4) is 0 Å². The van der Waals surface area contributed by atoms with Crippen molar-refractivity contribution in [3.05, 3.63) is 16.6 Å².